The van der Waals surface area contributed by atoms with E-state index in [0.29, 0.717) is 0 Å². The second-order valence-corrected chi connectivity index (χ2v) is 5.70. The Morgan fingerprint density at radius 2 is 1.54 bits per heavy atom. The minimum Gasteiger partial charge on any atom is -0.464 e. The molecule has 6 nitrogen and oxygen atoms in total. The first-order chi connectivity index (χ1) is 12.6. The third-order valence-corrected chi connectivity index (χ3v) is 3.72. The molecule has 2 unspecified atom stereocenters. The summed E-state index contributed by atoms with van der Waals surface area (Å²) in [6.07, 6.45) is -1.93. The van der Waals surface area contributed by atoms with Crippen LogP contribution >= 0.6 is 0 Å². The van der Waals surface area contributed by atoms with Gasteiger partial charge in [-0.3, -0.25) is 0 Å². The molecule has 0 aliphatic carbocycles. The van der Waals surface area contributed by atoms with Crippen molar-refractivity contribution in [3.05, 3.63) is 71.8 Å². The van der Waals surface area contributed by atoms with Crippen molar-refractivity contribution >= 4 is 12.1 Å². The van der Waals surface area contributed by atoms with Gasteiger partial charge in [-0.15, -0.1) is 0 Å². The van der Waals surface area contributed by atoms with Crippen molar-refractivity contribution < 1.29 is 24.2 Å². The fraction of sp³-hybridized carbons (Fsp3) is 0.300. The molecule has 2 atom stereocenters. The summed E-state index contributed by atoms with van der Waals surface area (Å²) in [6.45, 7) is 1.89. The van der Waals surface area contributed by atoms with Crippen LogP contribution in [0.15, 0.2) is 60.7 Å². The molecule has 0 radical (unpaired) electrons. The molecule has 2 aromatic rings. The predicted molar refractivity (Wildman–Crippen MR) is 96.3 cm³/mol. The molecule has 0 saturated carbocycles. The standard InChI is InChI=1S/C20H23NO5/c1-2-25-19(23)18(22)17(13-15-9-5-3-6-10-15)21-20(24)26-14-16-11-7-4-8-12-16/h3-12,17-18,22H,2,13-14H2,1H3,(H,21,24). The summed E-state index contributed by atoms with van der Waals surface area (Å²) < 4.78 is 10.0. The number of ether oxygens (including phenoxy) is 2. The first kappa shape index (κ1) is 19.5. The number of hydrogen-bond donors (Lipinski definition) is 2. The monoisotopic (exact) mass is 357 g/mol. The fourth-order valence-corrected chi connectivity index (χ4v) is 2.42. The zero-order valence-electron chi connectivity index (χ0n) is 14.6. The lowest BCUT2D eigenvalue weighted by atomic mass is 10.0. The summed E-state index contributed by atoms with van der Waals surface area (Å²) in [5.41, 5.74) is 1.71. The maximum absolute atomic E-state index is 12.1. The van der Waals surface area contributed by atoms with Crippen LogP contribution in [0.4, 0.5) is 4.79 Å². The molecular formula is C20H23NO5. The second-order valence-electron chi connectivity index (χ2n) is 5.70. The van der Waals surface area contributed by atoms with E-state index in [4.69, 9.17) is 9.47 Å². The van der Waals surface area contributed by atoms with Gasteiger partial charge in [0, 0.05) is 0 Å². The molecular weight excluding hydrogens is 334 g/mol. The Morgan fingerprint density at radius 3 is 2.12 bits per heavy atom. The van der Waals surface area contributed by atoms with Gasteiger partial charge in [-0.05, 0) is 24.5 Å². The van der Waals surface area contributed by atoms with Crippen molar-refractivity contribution in [3.63, 3.8) is 0 Å². The minimum absolute atomic E-state index is 0.0975. The first-order valence-corrected chi connectivity index (χ1v) is 8.46. The molecule has 2 rings (SSSR count). The summed E-state index contributed by atoms with van der Waals surface area (Å²) in [7, 11) is 0. The number of rotatable bonds is 8. The summed E-state index contributed by atoms with van der Waals surface area (Å²) in [4.78, 5) is 24.0. The number of nitrogens with one attached hydrogen (secondary N) is 1. The van der Waals surface area contributed by atoms with Crippen molar-refractivity contribution in [1.82, 2.24) is 5.32 Å². The molecule has 0 bridgehead atoms. The van der Waals surface area contributed by atoms with Gasteiger partial charge in [-0.1, -0.05) is 60.7 Å². The molecule has 0 spiro atoms. The Hall–Kier alpha value is -2.86. The van der Waals surface area contributed by atoms with Crippen LogP contribution in [0, 0.1) is 0 Å². The van der Waals surface area contributed by atoms with Gasteiger partial charge in [0.1, 0.15) is 6.61 Å². The Morgan fingerprint density at radius 1 is 0.962 bits per heavy atom. The van der Waals surface area contributed by atoms with Gasteiger partial charge in [0.2, 0.25) is 0 Å². The molecule has 2 aromatic carbocycles. The van der Waals surface area contributed by atoms with Crippen LogP contribution in [0.3, 0.4) is 0 Å². The maximum atomic E-state index is 12.1. The number of esters is 1. The van der Waals surface area contributed by atoms with E-state index in [2.05, 4.69) is 5.32 Å². The molecule has 6 heteroatoms. The zero-order valence-corrected chi connectivity index (χ0v) is 14.6. The van der Waals surface area contributed by atoms with Gasteiger partial charge in [-0.2, -0.15) is 0 Å². The number of amides is 1. The van der Waals surface area contributed by atoms with Crippen LogP contribution in [0.5, 0.6) is 0 Å². The number of carbonyl (C=O) groups is 2. The van der Waals surface area contributed by atoms with E-state index in [1.807, 2.05) is 60.7 Å². The van der Waals surface area contributed by atoms with Gasteiger partial charge in [0.25, 0.3) is 0 Å². The molecule has 0 aliphatic rings. The number of hydrogen-bond acceptors (Lipinski definition) is 5. The largest absolute Gasteiger partial charge is 0.464 e. The number of carbonyl (C=O) groups excluding carboxylic acids is 2. The van der Waals surface area contributed by atoms with E-state index >= 15 is 0 Å². The number of benzene rings is 2. The van der Waals surface area contributed by atoms with E-state index in [0.717, 1.165) is 11.1 Å². The molecule has 0 aromatic heterocycles. The zero-order chi connectivity index (χ0) is 18.8. The van der Waals surface area contributed by atoms with Crippen molar-refractivity contribution in [2.75, 3.05) is 6.61 Å². The van der Waals surface area contributed by atoms with Crippen molar-refractivity contribution in [2.45, 2.75) is 32.1 Å². The third-order valence-electron chi connectivity index (χ3n) is 3.72. The number of aliphatic hydroxyl groups is 1. The second kappa shape index (κ2) is 10.2. The highest BCUT2D eigenvalue weighted by atomic mass is 16.6. The molecule has 0 aliphatic heterocycles. The van der Waals surface area contributed by atoms with Crippen LogP contribution in [0.25, 0.3) is 0 Å². The quantitative estimate of drug-likeness (QED) is 0.709. The van der Waals surface area contributed by atoms with E-state index in [-0.39, 0.29) is 19.6 Å². The molecule has 0 saturated heterocycles. The van der Waals surface area contributed by atoms with Crippen LogP contribution in [0.2, 0.25) is 0 Å². The average molecular weight is 357 g/mol. The lowest BCUT2D eigenvalue weighted by Gasteiger charge is -2.22. The number of aliphatic hydroxyl groups excluding tert-OH is 1. The Bertz CT molecular complexity index is 690. The van der Waals surface area contributed by atoms with Crippen molar-refractivity contribution in [2.24, 2.45) is 0 Å². The summed E-state index contributed by atoms with van der Waals surface area (Å²) in [5, 5.41) is 12.8. The molecule has 26 heavy (non-hydrogen) atoms. The number of alkyl carbamates (subject to hydrolysis) is 1. The van der Waals surface area contributed by atoms with E-state index in [1.54, 1.807) is 6.92 Å². The van der Waals surface area contributed by atoms with Crippen LogP contribution in [-0.2, 0) is 27.3 Å². The topological polar surface area (TPSA) is 84.9 Å². The maximum Gasteiger partial charge on any atom is 0.407 e. The predicted octanol–water partition coefficient (Wildman–Crippen LogP) is 2.45. The highest BCUT2D eigenvalue weighted by Crippen LogP contribution is 2.09. The van der Waals surface area contributed by atoms with E-state index in [9.17, 15) is 14.7 Å². The van der Waals surface area contributed by atoms with Crippen LogP contribution in [0.1, 0.15) is 18.1 Å². The highest BCUT2D eigenvalue weighted by molar-refractivity contribution is 5.77. The van der Waals surface area contributed by atoms with Gasteiger partial charge >= 0.3 is 12.1 Å². The normalized spacial score (nSPS) is 12.7. The lowest BCUT2D eigenvalue weighted by Crippen LogP contribution is -2.49. The summed E-state index contributed by atoms with van der Waals surface area (Å²) in [5.74, 6) is -0.781. The first-order valence-electron chi connectivity index (χ1n) is 8.46. The molecule has 2 N–H and O–H groups in total. The highest BCUT2D eigenvalue weighted by Gasteiger charge is 2.29. The Kier molecular flexibility index (Phi) is 7.64. The molecule has 138 valence electrons. The van der Waals surface area contributed by atoms with Gasteiger partial charge in [0.05, 0.1) is 12.6 Å². The van der Waals surface area contributed by atoms with Gasteiger partial charge in [-0.25, -0.2) is 9.59 Å². The van der Waals surface area contributed by atoms with Gasteiger partial charge < -0.3 is 19.9 Å². The van der Waals surface area contributed by atoms with Crippen molar-refractivity contribution in [3.8, 4) is 0 Å². The Labute approximate surface area is 152 Å². The Balaban J connectivity index is 2.00. The lowest BCUT2D eigenvalue weighted by molar-refractivity contribution is -0.154. The van der Waals surface area contributed by atoms with E-state index < -0.39 is 24.2 Å². The van der Waals surface area contributed by atoms with Crippen LogP contribution in [-0.4, -0.2) is 35.9 Å². The SMILES string of the molecule is CCOC(=O)C(O)C(Cc1ccccc1)NC(=O)OCc1ccccc1. The fourth-order valence-electron chi connectivity index (χ4n) is 2.42. The minimum atomic E-state index is -1.49. The van der Waals surface area contributed by atoms with E-state index in [1.165, 1.54) is 0 Å². The van der Waals surface area contributed by atoms with Crippen LogP contribution < -0.4 is 5.32 Å². The molecule has 1 amide bonds. The average Bonchev–Trinajstić information content (AvgIpc) is 2.67. The smallest absolute Gasteiger partial charge is 0.407 e. The van der Waals surface area contributed by atoms with Gasteiger partial charge in [0.15, 0.2) is 6.10 Å². The summed E-state index contributed by atoms with van der Waals surface area (Å²) in [6, 6.07) is 17.6. The van der Waals surface area contributed by atoms with Crippen molar-refractivity contribution in [1.29, 1.82) is 0 Å². The summed E-state index contributed by atoms with van der Waals surface area (Å²) >= 11 is 0. The molecule has 0 heterocycles. The third kappa shape index (κ3) is 6.22. The molecule has 0 fully saturated rings.